The number of isocyanates is 4. The van der Waals surface area contributed by atoms with Gasteiger partial charge in [0.25, 0.3) is 0 Å². The Hall–Kier alpha value is -2.74. The lowest BCUT2D eigenvalue weighted by molar-refractivity contribution is 0.562. The third-order valence-corrected chi connectivity index (χ3v) is 0.908. The highest BCUT2D eigenvalue weighted by atomic mass is 16.1. The Labute approximate surface area is 142 Å². The largest absolute Gasteiger partial charge is 0.231 e. The molecule has 23 heavy (non-hydrogen) atoms. The second kappa shape index (κ2) is 164. The fourth-order valence-electron chi connectivity index (χ4n) is 0.589. The van der Waals surface area contributed by atoms with Crippen molar-refractivity contribution in [1.82, 2.24) is 0 Å². The molecule has 0 amide bonds. The van der Waals surface area contributed by atoms with Gasteiger partial charge in [0.15, 0.2) is 0 Å². The minimum Gasteiger partial charge on any atom is -0.222 e. The number of hydrogen-bond donors (Lipinski definition) is 4. The molecule has 0 saturated carbocycles. The molecule has 0 unspecified atom stereocenters. The first-order valence-corrected chi connectivity index (χ1v) is 3.97. The van der Waals surface area contributed by atoms with Gasteiger partial charge in [0.1, 0.15) is 0 Å². The van der Waals surface area contributed by atoms with E-state index in [9.17, 15) is 0 Å². The minimum atomic E-state index is 0. The molecule has 0 atom stereocenters. The summed E-state index contributed by atoms with van der Waals surface area (Å²) in [4.78, 5) is 33.4. The summed E-state index contributed by atoms with van der Waals surface area (Å²) in [5, 5.41) is 21.6. The van der Waals surface area contributed by atoms with E-state index in [1.165, 1.54) is 19.3 Å². The molecular weight excluding hydrogens is 300 g/mol. The number of nitrogens with one attached hydrogen (secondary N) is 4. The first-order chi connectivity index (χ1) is 8.16. The van der Waals surface area contributed by atoms with Crippen LogP contribution in [-0.2, 0) is 19.2 Å². The molecule has 0 saturated heterocycles. The summed E-state index contributed by atoms with van der Waals surface area (Å²) in [7, 11) is 0. The third kappa shape index (κ3) is 1120. The Morgan fingerprint density at radius 2 is 0.652 bits per heavy atom. The van der Waals surface area contributed by atoms with E-state index in [4.69, 9.17) is 40.8 Å². The molecule has 8 nitrogen and oxygen atoms in total. The van der Waals surface area contributed by atoms with E-state index >= 15 is 0 Å². The minimum absolute atomic E-state index is 0. The van der Waals surface area contributed by atoms with Crippen molar-refractivity contribution >= 4 is 24.3 Å². The number of carbonyl (C=O) groups excluding carboxylic acids is 4. The quantitative estimate of drug-likeness (QED) is 0.273. The predicted molar refractivity (Wildman–Crippen MR) is 97.0 cm³/mol. The van der Waals surface area contributed by atoms with Crippen LogP contribution in [0.15, 0.2) is 12.2 Å². The molecule has 140 valence electrons. The summed E-state index contributed by atoms with van der Waals surface area (Å²) >= 11 is 0. The average molecular weight is 336 g/mol. The maximum Gasteiger partial charge on any atom is 0.231 e. The van der Waals surface area contributed by atoms with E-state index in [2.05, 4.69) is 12.2 Å². The molecule has 0 radical (unpaired) electrons. The van der Waals surface area contributed by atoms with Crippen molar-refractivity contribution in [1.29, 1.82) is 21.6 Å². The lowest BCUT2D eigenvalue weighted by atomic mass is 10.4. The van der Waals surface area contributed by atoms with Gasteiger partial charge in [-0.2, -0.15) is 0 Å². The van der Waals surface area contributed by atoms with Gasteiger partial charge in [0.2, 0.25) is 24.3 Å². The maximum atomic E-state index is 8.35. The first kappa shape index (κ1) is 71.4. The summed E-state index contributed by atoms with van der Waals surface area (Å²) in [5.74, 6) is 0. The van der Waals surface area contributed by atoms with E-state index in [1.54, 1.807) is 0 Å². The second-order valence-electron chi connectivity index (χ2n) is 1.81. The normalized spacial score (nSPS) is 5.91. The van der Waals surface area contributed by atoms with Crippen LogP contribution >= 0.6 is 0 Å². The van der Waals surface area contributed by atoms with Crippen molar-refractivity contribution in [3.63, 3.8) is 0 Å². The van der Waals surface area contributed by atoms with Gasteiger partial charge in [-0.25, -0.2) is 40.8 Å². The first-order valence-electron chi connectivity index (χ1n) is 3.97. The summed E-state index contributed by atoms with van der Waals surface area (Å²) in [5.41, 5.74) is 0. The van der Waals surface area contributed by atoms with Crippen LogP contribution in [0.4, 0.5) is 0 Å². The Balaban J connectivity index is -0.0000000110. The van der Waals surface area contributed by atoms with Crippen LogP contribution in [0.2, 0.25) is 0 Å². The van der Waals surface area contributed by atoms with E-state index in [1.807, 2.05) is 0 Å². The molecule has 0 aromatic heterocycles. The van der Waals surface area contributed by atoms with Crippen LogP contribution in [0.25, 0.3) is 0 Å². The molecule has 1 rings (SSSR count). The lowest BCUT2D eigenvalue weighted by Crippen LogP contribution is -1.50. The second-order valence-corrected chi connectivity index (χ2v) is 1.81. The molecule has 0 heterocycles. The monoisotopic (exact) mass is 336 g/mol. The summed E-state index contributed by atoms with van der Waals surface area (Å²) < 4.78 is 0. The van der Waals surface area contributed by atoms with Crippen LogP contribution in [0.5, 0.6) is 0 Å². The van der Waals surface area contributed by atoms with Crippen molar-refractivity contribution < 1.29 is 19.2 Å². The number of rotatable bonds is 0. The van der Waals surface area contributed by atoms with Crippen LogP contribution in [-0.4, -0.2) is 24.3 Å². The topological polar surface area (TPSA) is 164 Å². The Morgan fingerprint density at radius 3 is 0.696 bits per heavy atom. The number of allylic oxidation sites excluding steroid dienone is 2. The van der Waals surface area contributed by atoms with E-state index in [0.717, 1.165) is 24.3 Å². The summed E-state index contributed by atoms with van der Waals surface area (Å²) in [6.45, 7) is 0. The SMILES string of the molecule is C.C.C.C.C.C.C1=CCCC1.N=C=O.N=C=O.N=C=O.N=C=O. The summed E-state index contributed by atoms with van der Waals surface area (Å²) in [6.07, 6.45) is 11.5. The predicted octanol–water partition coefficient (Wildman–Crippen LogP) is 5.15. The molecule has 0 fully saturated rings. The zero-order valence-electron chi connectivity index (χ0n) is 8.91. The van der Waals surface area contributed by atoms with Crippen molar-refractivity contribution in [2.24, 2.45) is 0 Å². The van der Waals surface area contributed by atoms with Crippen LogP contribution < -0.4 is 0 Å². The third-order valence-electron chi connectivity index (χ3n) is 0.908. The van der Waals surface area contributed by atoms with Crippen molar-refractivity contribution in [3.8, 4) is 0 Å². The van der Waals surface area contributed by atoms with E-state index in [-0.39, 0.29) is 44.6 Å². The van der Waals surface area contributed by atoms with Crippen molar-refractivity contribution in [2.75, 3.05) is 0 Å². The molecule has 0 aromatic rings. The molecule has 0 spiro atoms. The average Bonchev–Trinajstić information content (AvgIpc) is 2.79. The summed E-state index contributed by atoms with van der Waals surface area (Å²) in [6, 6.07) is 0. The van der Waals surface area contributed by atoms with Gasteiger partial charge < -0.3 is 0 Å². The Bertz CT molecular complexity index is 251. The van der Waals surface area contributed by atoms with Crippen LogP contribution in [0, 0.1) is 21.6 Å². The van der Waals surface area contributed by atoms with Gasteiger partial charge in [-0.15, -0.1) is 0 Å². The molecule has 0 aromatic carbocycles. The van der Waals surface area contributed by atoms with Gasteiger partial charge in [0, 0.05) is 0 Å². The molecule has 1 aliphatic carbocycles. The van der Waals surface area contributed by atoms with Gasteiger partial charge in [0.05, 0.1) is 0 Å². The molecule has 8 heteroatoms. The Morgan fingerprint density at radius 1 is 0.522 bits per heavy atom. The standard InChI is InChI=1S/C5H8.4CHNO.6CH4/c1-2-4-5-3-1;4*2-1-3;;;;;;/h1-2H,3-5H2;4*2H;6*1H4. The highest BCUT2D eigenvalue weighted by molar-refractivity contribution is 5.26. The fourth-order valence-corrected chi connectivity index (χ4v) is 0.589. The molecule has 0 bridgehead atoms. The van der Waals surface area contributed by atoms with Crippen molar-refractivity contribution in [3.05, 3.63) is 12.2 Å². The van der Waals surface area contributed by atoms with Crippen LogP contribution in [0.3, 0.4) is 0 Å². The molecule has 0 aliphatic heterocycles. The Kier molecular flexibility index (Phi) is 509. The van der Waals surface area contributed by atoms with Gasteiger partial charge in [-0.1, -0.05) is 56.7 Å². The van der Waals surface area contributed by atoms with Gasteiger partial charge in [-0.3, -0.25) is 0 Å². The smallest absolute Gasteiger partial charge is 0.222 e. The van der Waals surface area contributed by atoms with Gasteiger partial charge in [-0.05, 0) is 19.3 Å². The zero-order chi connectivity index (χ0) is 14.4. The highest BCUT2D eigenvalue weighted by Crippen LogP contribution is 2.05. The molecular formula is C15H36N4O4. The van der Waals surface area contributed by atoms with Gasteiger partial charge >= 0.3 is 0 Å². The molecule has 4 N–H and O–H groups in total. The van der Waals surface area contributed by atoms with Crippen LogP contribution in [0.1, 0.15) is 63.8 Å². The molecule has 1 aliphatic rings. The number of hydrogen-bond acceptors (Lipinski definition) is 8. The highest BCUT2D eigenvalue weighted by Gasteiger charge is 1.84. The maximum absolute atomic E-state index is 8.35. The van der Waals surface area contributed by atoms with E-state index < -0.39 is 0 Å². The zero-order valence-corrected chi connectivity index (χ0v) is 8.91. The van der Waals surface area contributed by atoms with E-state index in [0.29, 0.717) is 0 Å². The van der Waals surface area contributed by atoms with Crippen molar-refractivity contribution in [2.45, 2.75) is 63.8 Å². The lowest BCUT2D eigenvalue weighted by Gasteiger charge is -1.69. The fraction of sp³-hybridized carbons (Fsp3) is 0.600.